The summed E-state index contributed by atoms with van der Waals surface area (Å²) in [5.74, 6) is 1.42. The van der Waals surface area contributed by atoms with Crippen molar-refractivity contribution in [3.63, 3.8) is 0 Å². The number of nitrogens with zero attached hydrogens (tertiary/aromatic N) is 4. The number of amides is 1. The zero-order chi connectivity index (χ0) is 16.9. The van der Waals surface area contributed by atoms with Crippen molar-refractivity contribution in [1.82, 2.24) is 19.7 Å². The SMILES string of the molecule is COc1ccc(CC(=O)N2CCC[C@@H](n3cncn3)C2)cc1OC. The fraction of sp³-hybridized carbons (Fsp3) is 0.471. The van der Waals surface area contributed by atoms with Crippen LogP contribution in [-0.2, 0) is 11.2 Å². The minimum atomic E-state index is 0.118. The van der Waals surface area contributed by atoms with Crippen molar-refractivity contribution in [2.75, 3.05) is 27.3 Å². The molecule has 0 saturated carbocycles. The van der Waals surface area contributed by atoms with Crippen LogP contribution in [0.25, 0.3) is 0 Å². The number of rotatable bonds is 5. The van der Waals surface area contributed by atoms with Crippen LogP contribution < -0.4 is 9.47 Å². The van der Waals surface area contributed by atoms with Crippen LogP contribution in [-0.4, -0.2) is 52.9 Å². The highest BCUT2D eigenvalue weighted by Gasteiger charge is 2.25. The van der Waals surface area contributed by atoms with Gasteiger partial charge in [0.1, 0.15) is 12.7 Å². The van der Waals surface area contributed by atoms with E-state index in [0.717, 1.165) is 24.9 Å². The second kappa shape index (κ2) is 7.33. The Morgan fingerprint density at radius 3 is 2.83 bits per heavy atom. The summed E-state index contributed by atoms with van der Waals surface area (Å²) in [6, 6.07) is 5.79. The predicted molar refractivity (Wildman–Crippen MR) is 88.1 cm³/mol. The van der Waals surface area contributed by atoms with Crippen LogP contribution in [0.5, 0.6) is 11.5 Å². The van der Waals surface area contributed by atoms with Gasteiger partial charge in [-0.15, -0.1) is 0 Å². The standard InChI is InChI=1S/C17H22N4O3/c1-23-15-6-5-13(8-16(15)24-2)9-17(22)20-7-3-4-14(10-20)21-12-18-11-19-21/h5-6,8,11-12,14H,3-4,7,9-10H2,1-2H3/t14-/m1/s1. The minimum Gasteiger partial charge on any atom is -0.493 e. The van der Waals surface area contributed by atoms with Gasteiger partial charge in [-0.1, -0.05) is 6.07 Å². The number of aromatic nitrogens is 3. The van der Waals surface area contributed by atoms with Crippen LogP contribution in [0.3, 0.4) is 0 Å². The molecule has 1 aliphatic heterocycles. The quantitative estimate of drug-likeness (QED) is 0.834. The molecule has 0 radical (unpaired) electrons. The lowest BCUT2D eigenvalue weighted by molar-refractivity contribution is -0.132. The maximum atomic E-state index is 12.6. The molecule has 1 saturated heterocycles. The molecule has 0 aliphatic carbocycles. The molecule has 1 fully saturated rings. The molecule has 1 aliphatic rings. The summed E-state index contributed by atoms with van der Waals surface area (Å²) in [5, 5.41) is 4.20. The van der Waals surface area contributed by atoms with Crippen molar-refractivity contribution in [3.05, 3.63) is 36.4 Å². The molecule has 0 N–H and O–H groups in total. The molecule has 0 unspecified atom stereocenters. The van der Waals surface area contributed by atoms with Gasteiger partial charge >= 0.3 is 0 Å². The van der Waals surface area contributed by atoms with E-state index in [2.05, 4.69) is 10.1 Å². The Morgan fingerprint density at radius 2 is 2.12 bits per heavy atom. The Labute approximate surface area is 141 Å². The van der Waals surface area contributed by atoms with Gasteiger partial charge in [-0.25, -0.2) is 9.67 Å². The van der Waals surface area contributed by atoms with Gasteiger partial charge in [0.05, 0.1) is 26.7 Å². The predicted octanol–water partition coefficient (Wildman–Crippen LogP) is 1.70. The van der Waals surface area contributed by atoms with Gasteiger partial charge in [-0.3, -0.25) is 4.79 Å². The van der Waals surface area contributed by atoms with Gasteiger partial charge in [-0.2, -0.15) is 5.10 Å². The van der Waals surface area contributed by atoms with Gasteiger partial charge in [0.25, 0.3) is 0 Å². The van der Waals surface area contributed by atoms with Crippen LogP contribution in [0, 0.1) is 0 Å². The van der Waals surface area contributed by atoms with Gasteiger partial charge in [0.2, 0.25) is 5.91 Å². The van der Waals surface area contributed by atoms with Crippen molar-refractivity contribution in [1.29, 1.82) is 0 Å². The van der Waals surface area contributed by atoms with E-state index in [-0.39, 0.29) is 11.9 Å². The average Bonchev–Trinajstić information content (AvgIpc) is 3.16. The third kappa shape index (κ3) is 3.50. The molecule has 0 bridgehead atoms. The second-order valence-electron chi connectivity index (χ2n) is 5.88. The minimum absolute atomic E-state index is 0.118. The smallest absolute Gasteiger partial charge is 0.227 e. The molecule has 128 valence electrons. The lowest BCUT2D eigenvalue weighted by Gasteiger charge is -2.32. The fourth-order valence-electron chi connectivity index (χ4n) is 3.08. The summed E-state index contributed by atoms with van der Waals surface area (Å²) in [6.07, 6.45) is 5.59. The zero-order valence-electron chi connectivity index (χ0n) is 14.0. The normalized spacial score (nSPS) is 17.6. The average molecular weight is 330 g/mol. The first-order valence-electron chi connectivity index (χ1n) is 8.04. The monoisotopic (exact) mass is 330 g/mol. The second-order valence-corrected chi connectivity index (χ2v) is 5.88. The van der Waals surface area contributed by atoms with Crippen LogP contribution >= 0.6 is 0 Å². The number of piperidine rings is 1. The maximum absolute atomic E-state index is 12.6. The van der Waals surface area contributed by atoms with Crippen LogP contribution in [0.2, 0.25) is 0 Å². The van der Waals surface area contributed by atoms with Crippen molar-refractivity contribution >= 4 is 5.91 Å². The molecular weight excluding hydrogens is 308 g/mol. The van der Waals surface area contributed by atoms with E-state index in [9.17, 15) is 4.79 Å². The zero-order valence-corrected chi connectivity index (χ0v) is 14.0. The molecule has 7 heteroatoms. The van der Waals surface area contributed by atoms with Crippen LogP contribution in [0.15, 0.2) is 30.9 Å². The van der Waals surface area contributed by atoms with Crippen molar-refractivity contribution < 1.29 is 14.3 Å². The number of methoxy groups -OCH3 is 2. The highest BCUT2D eigenvalue weighted by atomic mass is 16.5. The maximum Gasteiger partial charge on any atom is 0.227 e. The number of carbonyl (C=O) groups excluding carboxylic acids is 1. The number of hydrogen-bond donors (Lipinski definition) is 0. The molecule has 0 spiro atoms. The summed E-state index contributed by atoms with van der Waals surface area (Å²) in [7, 11) is 3.19. The van der Waals surface area contributed by atoms with Gasteiger partial charge in [0, 0.05) is 13.1 Å². The molecule has 1 aromatic carbocycles. The lowest BCUT2D eigenvalue weighted by Crippen LogP contribution is -2.41. The van der Waals surface area contributed by atoms with E-state index < -0.39 is 0 Å². The first-order chi connectivity index (χ1) is 11.7. The Morgan fingerprint density at radius 1 is 1.29 bits per heavy atom. The van der Waals surface area contributed by atoms with E-state index in [0.29, 0.717) is 24.5 Å². The van der Waals surface area contributed by atoms with Crippen molar-refractivity contribution in [2.45, 2.75) is 25.3 Å². The number of likely N-dealkylation sites (tertiary alicyclic amines) is 1. The number of benzene rings is 1. The molecule has 2 heterocycles. The number of ether oxygens (including phenoxy) is 2. The Kier molecular flexibility index (Phi) is 4.98. The number of carbonyl (C=O) groups is 1. The number of hydrogen-bond acceptors (Lipinski definition) is 5. The van der Waals surface area contributed by atoms with Gasteiger partial charge in [-0.05, 0) is 30.5 Å². The molecular formula is C17H22N4O3. The van der Waals surface area contributed by atoms with E-state index in [4.69, 9.17) is 9.47 Å². The molecule has 1 atom stereocenters. The lowest BCUT2D eigenvalue weighted by atomic mass is 10.0. The molecule has 1 aromatic heterocycles. The molecule has 1 amide bonds. The summed E-state index contributed by atoms with van der Waals surface area (Å²) in [4.78, 5) is 18.5. The first kappa shape index (κ1) is 16.3. The van der Waals surface area contributed by atoms with E-state index in [1.54, 1.807) is 20.5 Å². The molecule has 2 aromatic rings. The fourth-order valence-corrected chi connectivity index (χ4v) is 3.08. The van der Waals surface area contributed by atoms with Gasteiger partial charge in [0.15, 0.2) is 11.5 Å². The summed E-state index contributed by atoms with van der Waals surface area (Å²) >= 11 is 0. The van der Waals surface area contributed by atoms with E-state index in [1.807, 2.05) is 27.8 Å². The molecule has 24 heavy (non-hydrogen) atoms. The van der Waals surface area contributed by atoms with Crippen LogP contribution in [0.4, 0.5) is 0 Å². The van der Waals surface area contributed by atoms with Gasteiger partial charge < -0.3 is 14.4 Å². The summed E-state index contributed by atoms with van der Waals surface area (Å²) in [5.41, 5.74) is 0.917. The van der Waals surface area contributed by atoms with E-state index in [1.165, 1.54) is 6.33 Å². The Balaban J connectivity index is 1.66. The highest BCUT2D eigenvalue weighted by Crippen LogP contribution is 2.28. The first-order valence-corrected chi connectivity index (χ1v) is 8.04. The summed E-state index contributed by atoms with van der Waals surface area (Å²) in [6.45, 7) is 1.47. The summed E-state index contributed by atoms with van der Waals surface area (Å²) < 4.78 is 12.4. The topological polar surface area (TPSA) is 69.5 Å². The third-order valence-corrected chi connectivity index (χ3v) is 4.36. The highest BCUT2D eigenvalue weighted by molar-refractivity contribution is 5.79. The third-order valence-electron chi connectivity index (χ3n) is 4.36. The molecule has 3 rings (SSSR count). The largest absolute Gasteiger partial charge is 0.493 e. The van der Waals surface area contributed by atoms with Crippen LogP contribution in [0.1, 0.15) is 24.4 Å². The van der Waals surface area contributed by atoms with Crippen molar-refractivity contribution in [3.8, 4) is 11.5 Å². The molecule has 7 nitrogen and oxygen atoms in total. The van der Waals surface area contributed by atoms with Crippen molar-refractivity contribution in [2.24, 2.45) is 0 Å². The Bertz CT molecular complexity index is 687. The van der Waals surface area contributed by atoms with E-state index >= 15 is 0 Å². The Hall–Kier alpha value is -2.57.